The molecule has 3 nitrogen and oxygen atoms in total. The van der Waals surface area contributed by atoms with Crippen LogP contribution in [0.5, 0.6) is 0 Å². The van der Waals surface area contributed by atoms with Gasteiger partial charge in [0.05, 0.1) is 6.10 Å². The van der Waals surface area contributed by atoms with Gasteiger partial charge in [-0.1, -0.05) is 39.3 Å². The van der Waals surface area contributed by atoms with E-state index in [0.29, 0.717) is 11.8 Å². The lowest BCUT2D eigenvalue weighted by molar-refractivity contribution is -0.197. The zero-order chi connectivity index (χ0) is 18.3. The standard InChI is InChI=1S/C20H38O3Si/c1-14(2)17-16(23-24(8,9)19(3,4)5)13-15-11-10-12-20(15,17)18(21-6)22-7/h15-18H,1,10-13H2,2-9H3/t15-,16+,17-,20+/m1/s1. The Bertz CT molecular complexity index is 464. The van der Waals surface area contributed by atoms with Crippen LogP contribution in [-0.2, 0) is 13.9 Å². The zero-order valence-corrected chi connectivity index (χ0v) is 18.1. The highest BCUT2D eigenvalue weighted by atomic mass is 28.4. The molecular weight excluding hydrogens is 316 g/mol. The molecule has 0 bridgehead atoms. The van der Waals surface area contributed by atoms with Crippen molar-refractivity contribution in [2.24, 2.45) is 17.3 Å². The summed E-state index contributed by atoms with van der Waals surface area (Å²) in [4.78, 5) is 0. The lowest BCUT2D eigenvalue weighted by atomic mass is 9.70. The minimum atomic E-state index is -1.82. The summed E-state index contributed by atoms with van der Waals surface area (Å²) in [5.74, 6) is 0.933. The van der Waals surface area contributed by atoms with Gasteiger partial charge in [0.25, 0.3) is 0 Å². The number of ether oxygens (including phenoxy) is 2. The van der Waals surface area contributed by atoms with Crippen LogP contribution in [0.15, 0.2) is 12.2 Å². The minimum absolute atomic E-state index is 0.0301. The van der Waals surface area contributed by atoms with E-state index in [1.165, 1.54) is 18.4 Å². The van der Waals surface area contributed by atoms with Gasteiger partial charge in [-0.15, -0.1) is 0 Å². The topological polar surface area (TPSA) is 27.7 Å². The van der Waals surface area contributed by atoms with Crippen LogP contribution in [0.4, 0.5) is 0 Å². The van der Waals surface area contributed by atoms with Crippen molar-refractivity contribution in [1.82, 2.24) is 0 Å². The second-order valence-electron chi connectivity index (χ2n) is 9.48. The van der Waals surface area contributed by atoms with Crippen molar-refractivity contribution >= 4 is 8.32 Å². The van der Waals surface area contributed by atoms with Crippen molar-refractivity contribution in [2.45, 2.75) is 83.9 Å². The molecule has 0 aliphatic heterocycles. The molecule has 24 heavy (non-hydrogen) atoms. The van der Waals surface area contributed by atoms with Crippen LogP contribution in [0.1, 0.15) is 53.4 Å². The van der Waals surface area contributed by atoms with Crippen LogP contribution in [0, 0.1) is 17.3 Å². The maximum Gasteiger partial charge on any atom is 0.192 e. The Morgan fingerprint density at radius 1 is 1.21 bits per heavy atom. The highest BCUT2D eigenvalue weighted by Gasteiger charge is 2.62. The van der Waals surface area contributed by atoms with Crippen molar-refractivity contribution in [1.29, 1.82) is 0 Å². The average Bonchev–Trinajstić information content (AvgIpc) is 2.93. The van der Waals surface area contributed by atoms with Gasteiger partial charge < -0.3 is 13.9 Å². The normalized spacial score (nSPS) is 34.0. The number of hydrogen-bond acceptors (Lipinski definition) is 3. The van der Waals surface area contributed by atoms with E-state index >= 15 is 0 Å². The summed E-state index contributed by atoms with van der Waals surface area (Å²) >= 11 is 0. The predicted octanol–water partition coefficient (Wildman–Crippen LogP) is 5.38. The largest absolute Gasteiger partial charge is 0.413 e. The third-order valence-electron chi connectivity index (χ3n) is 7.04. The molecule has 2 aliphatic carbocycles. The van der Waals surface area contributed by atoms with E-state index in [1.54, 1.807) is 14.2 Å². The van der Waals surface area contributed by atoms with E-state index in [9.17, 15) is 0 Å². The summed E-state index contributed by atoms with van der Waals surface area (Å²) in [6.07, 6.45) is 4.86. The van der Waals surface area contributed by atoms with E-state index < -0.39 is 8.32 Å². The first-order chi connectivity index (χ1) is 11.0. The molecule has 4 heteroatoms. The SMILES string of the molecule is C=C(C)[C@@H]1[C@@H](O[Si](C)(C)C(C)(C)C)C[C@H]2CCC[C@]21C(OC)OC. The second-order valence-corrected chi connectivity index (χ2v) is 14.2. The molecule has 0 N–H and O–H groups in total. The van der Waals surface area contributed by atoms with E-state index in [1.807, 2.05) is 0 Å². The number of methoxy groups -OCH3 is 2. The second kappa shape index (κ2) is 6.86. The van der Waals surface area contributed by atoms with E-state index in [2.05, 4.69) is 47.4 Å². The van der Waals surface area contributed by atoms with Crippen molar-refractivity contribution in [3.8, 4) is 0 Å². The number of fused-ring (bicyclic) bond motifs is 1. The predicted molar refractivity (Wildman–Crippen MR) is 103 cm³/mol. The molecule has 0 aromatic carbocycles. The average molecular weight is 355 g/mol. The monoisotopic (exact) mass is 354 g/mol. The third kappa shape index (κ3) is 3.15. The van der Waals surface area contributed by atoms with Crippen LogP contribution in [-0.4, -0.2) is 34.9 Å². The molecule has 2 saturated carbocycles. The van der Waals surface area contributed by atoms with Gasteiger partial charge in [-0.05, 0) is 50.2 Å². The van der Waals surface area contributed by atoms with Gasteiger partial charge in [-0.3, -0.25) is 0 Å². The summed E-state index contributed by atoms with van der Waals surface area (Å²) < 4.78 is 18.5. The fraction of sp³-hybridized carbons (Fsp3) is 0.900. The maximum absolute atomic E-state index is 6.90. The smallest absolute Gasteiger partial charge is 0.192 e. The molecule has 0 spiro atoms. The van der Waals surface area contributed by atoms with Crippen molar-refractivity contribution in [3.63, 3.8) is 0 Å². The Morgan fingerprint density at radius 2 is 1.79 bits per heavy atom. The fourth-order valence-corrected chi connectivity index (χ4v) is 6.42. The first-order valence-corrected chi connectivity index (χ1v) is 12.3. The van der Waals surface area contributed by atoms with Crippen LogP contribution in [0.25, 0.3) is 0 Å². The van der Waals surface area contributed by atoms with E-state index in [0.717, 1.165) is 12.8 Å². The molecule has 2 fully saturated rings. The van der Waals surface area contributed by atoms with E-state index in [-0.39, 0.29) is 22.8 Å². The van der Waals surface area contributed by atoms with Crippen molar-refractivity contribution < 1.29 is 13.9 Å². The third-order valence-corrected chi connectivity index (χ3v) is 11.5. The van der Waals surface area contributed by atoms with Crippen LogP contribution >= 0.6 is 0 Å². The Labute approximate surface area is 150 Å². The lowest BCUT2D eigenvalue weighted by Gasteiger charge is -2.45. The molecule has 0 amide bonds. The molecule has 2 rings (SSSR count). The van der Waals surface area contributed by atoms with Gasteiger partial charge in [0.2, 0.25) is 0 Å². The highest BCUT2D eigenvalue weighted by Crippen LogP contribution is 2.63. The maximum atomic E-state index is 6.90. The lowest BCUT2D eigenvalue weighted by Crippen LogP contribution is -2.49. The molecule has 2 aliphatic rings. The van der Waals surface area contributed by atoms with Crippen molar-refractivity contribution in [3.05, 3.63) is 12.2 Å². The Hall–Kier alpha value is -0.163. The molecule has 0 saturated heterocycles. The Morgan fingerprint density at radius 3 is 2.25 bits per heavy atom. The summed E-state index contributed by atoms with van der Waals surface area (Å²) in [5.41, 5.74) is 1.25. The molecule has 4 atom stereocenters. The summed E-state index contributed by atoms with van der Waals surface area (Å²) in [6, 6.07) is 0. The van der Waals surface area contributed by atoms with Gasteiger partial charge in [-0.25, -0.2) is 0 Å². The molecule has 0 aromatic heterocycles. The Kier molecular flexibility index (Phi) is 5.76. The molecular formula is C20H38O3Si. The quantitative estimate of drug-likeness (QED) is 0.364. The van der Waals surface area contributed by atoms with Gasteiger partial charge >= 0.3 is 0 Å². The summed E-state index contributed by atoms with van der Waals surface area (Å²) in [5, 5.41) is 0.222. The van der Waals surface area contributed by atoms with Crippen LogP contribution in [0.3, 0.4) is 0 Å². The fourth-order valence-electron chi connectivity index (χ4n) is 5.08. The summed E-state index contributed by atoms with van der Waals surface area (Å²) in [6.45, 7) is 18.2. The summed E-state index contributed by atoms with van der Waals surface area (Å²) in [7, 11) is 1.73. The zero-order valence-electron chi connectivity index (χ0n) is 17.1. The van der Waals surface area contributed by atoms with Gasteiger partial charge in [0.15, 0.2) is 14.6 Å². The minimum Gasteiger partial charge on any atom is -0.413 e. The molecule has 0 heterocycles. The van der Waals surface area contributed by atoms with E-state index in [4.69, 9.17) is 13.9 Å². The number of rotatable bonds is 6. The molecule has 0 radical (unpaired) electrons. The molecule has 0 aromatic rings. The Balaban J connectivity index is 2.38. The highest BCUT2D eigenvalue weighted by molar-refractivity contribution is 6.74. The number of hydrogen-bond donors (Lipinski definition) is 0. The molecule has 140 valence electrons. The van der Waals surface area contributed by atoms with Gasteiger partial charge in [0, 0.05) is 25.6 Å². The van der Waals surface area contributed by atoms with Crippen LogP contribution < -0.4 is 0 Å². The first-order valence-electron chi connectivity index (χ1n) is 9.40. The van der Waals surface area contributed by atoms with Gasteiger partial charge in [-0.2, -0.15) is 0 Å². The first kappa shape index (κ1) is 20.2. The molecule has 0 unspecified atom stereocenters. The van der Waals surface area contributed by atoms with Gasteiger partial charge in [0.1, 0.15) is 0 Å². The van der Waals surface area contributed by atoms with Crippen LogP contribution in [0.2, 0.25) is 18.1 Å². The van der Waals surface area contributed by atoms with Crippen molar-refractivity contribution in [2.75, 3.05) is 14.2 Å².